The van der Waals surface area contributed by atoms with Crippen LogP contribution in [0.4, 0.5) is 16.3 Å². The van der Waals surface area contributed by atoms with Gasteiger partial charge in [0.2, 0.25) is 0 Å². The molecular weight excluding hydrogens is 478 g/mol. The Morgan fingerprint density at radius 3 is 2.42 bits per heavy atom. The molecule has 7 nitrogen and oxygen atoms in total. The number of hydrogen-bond donors (Lipinski definition) is 3. The molecule has 1 aromatic heterocycles. The topological polar surface area (TPSA) is 101 Å². The second kappa shape index (κ2) is 11.4. The number of carboxylic acid groups (broad SMARTS) is 1. The summed E-state index contributed by atoms with van der Waals surface area (Å²) in [5.74, 6) is 0.705. The van der Waals surface area contributed by atoms with Crippen LogP contribution in [0.15, 0.2) is 84.9 Å². The number of carbonyl (C=O) groups is 2. The van der Waals surface area contributed by atoms with E-state index in [1.165, 1.54) is 0 Å². The highest BCUT2D eigenvalue weighted by atomic mass is 35.5. The Hall–Kier alpha value is -4.36. The van der Waals surface area contributed by atoms with E-state index in [-0.39, 0.29) is 11.7 Å². The lowest BCUT2D eigenvalue weighted by molar-refractivity contribution is 0.102. The maximum atomic E-state index is 13.1. The van der Waals surface area contributed by atoms with Gasteiger partial charge in [-0.2, -0.15) is 0 Å². The number of amides is 2. The number of anilines is 2. The van der Waals surface area contributed by atoms with Crippen LogP contribution in [0.5, 0.6) is 5.75 Å². The smallest absolute Gasteiger partial charge is 0.410 e. The number of aryl methyl sites for hydroxylation is 1. The van der Waals surface area contributed by atoms with Gasteiger partial charge in [0.1, 0.15) is 11.6 Å². The molecular formula is C28H24ClN3O4. The van der Waals surface area contributed by atoms with E-state index in [9.17, 15) is 9.59 Å². The second-order valence-electron chi connectivity index (χ2n) is 8.08. The molecule has 0 radical (unpaired) electrons. The van der Waals surface area contributed by atoms with Gasteiger partial charge in [-0.3, -0.25) is 10.1 Å². The fourth-order valence-corrected chi connectivity index (χ4v) is 3.76. The Kier molecular flexibility index (Phi) is 7.82. The summed E-state index contributed by atoms with van der Waals surface area (Å²) in [5, 5.41) is 14.6. The lowest BCUT2D eigenvalue weighted by Crippen LogP contribution is -2.13. The van der Waals surface area contributed by atoms with E-state index in [0.29, 0.717) is 40.7 Å². The number of rotatable bonds is 8. The standard InChI is InChI=1S/C28H24ClN3O4/c1-18-5-14-24(19-6-8-20(29)9-7-19)25(17-18)27(33)31-22-10-12-23(13-11-22)36-16-15-21-3-2-4-26(30-21)32-28(34)35/h2-14,17H,15-16H2,1H3,(H,30,32)(H,31,33)(H,34,35). The van der Waals surface area contributed by atoms with Crippen LogP contribution in [-0.2, 0) is 6.42 Å². The van der Waals surface area contributed by atoms with Crippen LogP contribution in [0, 0.1) is 6.92 Å². The lowest BCUT2D eigenvalue weighted by atomic mass is 9.97. The first-order chi connectivity index (χ1) is 17.4. The molecule has 1 heterocycles. The minimum absolute atomic E-state index is 0.210. The number of carbonyl (C=O) groups excluding carboxylic acids is 1. The number of halogens is 1. The summed E-state index contributed by atoms with van der Waals surface area (Å²) in [4.78, 5) is 28.1. The Bertz CT molecular complexity index is 1370. The molecule has 0 spiro atoms. The monoisotopic (exact) mass is 501 g/mol. The van der Waals surface area contributed by atoms with Crippen molar-refractivity contribution in [3.8, 4) is 16.9 Å². The zero-order valence-electron chi connectivity index (χ0n) is 19.5. The van der Waals surface area contributed by atoms with Crippen LogP contribution in [0.2, 0.25) is 5.02 Å². The molecule has 36 heavy (non-hydrogen) atoms. The normalized spacial score (nSPS) is 10.5. The van der Waals surface area contributed by atoms with Gasteiger partial charge in [0.05, 0.1) is 6.61 Å². The van der Waals surface area contributed by atoms with E-state index in [1.807, 2.05) is 37.3 Å². The molecule has 3 aromatic carbocycles. The minimum Gasteiger partial charge on any atom is -0.493 e. The van der Waals surface area contributed by atoms with Gasteiger partial charge >= 0.3 is 6.09 Å². The lowest BCUT2D eigenvalue weighted by Gasteiger charge is -2.12. The number of benzene rings is 3. The van der Waals surface area contributed by atoms with E-state index in [0.717, 1.165) is 16.7 Å². The van der Waals surface area contributed by atoms with Gasteiger partial charge < -0.3 is 15.2 Å². The van der Waals surface area contributed by atoms with Crippen LogP contribution in [0.3, 0.4) is 0 Å². The number of pyridine rings is 1. The van der Waals surface area contributed by atoms with Crippen molar-refractivity contribution in [2.45, 2.75) is 13.3 Å². The summed E-state index contributed by atoms with van der Waals surface area (Å²) in [6.45, 7) is 2.31. The molecule has 8 heteroatoms. The van der Waals surface area contributed by atoms with E-state index in [2.05, 4.69) is 15.6 Å². The fraction of sp³-hybridized carbons (Fsp3) is 0.107. The quantitative estimate of drug-likeness (QED) is 0.250. The van der Waals surface area contributed by atoms with Gasteiger partial charge in [-0.05, 0) is 72.6 Å². The van der Waals surface area contributed by atoms with Gasteiger partial charge in [0.25, 0.3) is 5.91 Å². The summed E-state index contributed by atoms with van der Waals surface area (Å²) < 4.78 is 5.78. The van der Waals surface area contributed by atoms with Crippen molar-refractivity contribution in [3.63, 3.8) is 0 Å². The summed E-state index contributed by atoms with van der Waals surface area (Å²) >= 11 is 6.02. The highest BCUT2D eigenvalue weighted by molar-refractivity contribution is 6.30. The van der Waals surface area contributed by atoms with Crippen molar-refractivity contribution in [2.24, 2.45) is 0 Å². The average Bonchev–Trinajstić information content (AvgIpc) is 2.85. The first-order valence-electron chi connectivity index (χ1n) is 11.2. The second-order valence-corrected chi connectivity index (χ2v) is 8.51. The molecule has 0 bridgehead atoms. The van der Waals surface area contributed by atoms with Crippen LogP contribution in [0.25, 0.3) is 11.1 Å². The highest BCUT2D eigenvalue weighted by Crippen LogP contribution is 2.27. The molecule has 0 saturated carbocycles. The largest absolute Gasteiger partial charge is 0.493 e. The van der Waals surface area contributed by atoms with Gasteiger partial charge in [-0.15, -0.1) is 0 Å². The predicted molar refractivity (Wildman–Crippen MR) is 141 cm³/mol. The molecule has 0 aliphatic rings. The maximum absolute atomic E-state index is 13.1. The Labute approximate surface area is 213 Å². The summed E-state index contributed by atoms with van der Waals surface area (Å²) in [5.41, 5.74) is 4.65. The highest BCUT2D eigenvalue weighted by Gasteiger charge is 2.14. The first-order valence-corrected chi connectivity index (χ1v) is 11.6. The molecule has 0 aliphatic carbocycles. The third-order valence-electron chi connectivity index (χ3n) is 5.36. The van der Waals surface area contributed by atoms with Crippen molar-refractivity contribution in [3.05, 3.63) is 107 Å². The van der Waals surface area contributed by atoms with Crippen LogP contribution in [0.1, 0.15) is 21.6 Å². The van der Waals surface area contributed by atoms with E-state index in [4.69, 9.17) is 21.4 Å². The summed E-state index contributed by atoms with van der Waals surface area (Å²) in [7, 11) is 0. The SMILES string of the molecule is Cc1ccc(-c2ccc(Cl)cc2)c(C(=O)Nc2ccc(OCCc3cccc(NC(=O)O)n3)cc2)c1. The Balaban J connectivity index is 1.37. The van der Waals surface area contributed by atoms with Crippen molar-refractivity contribution in [2.75, 3.05) is 17.2 Å². The molecule has 0 saturated heterocycles. The maximum Gasteiger partial charge on any atom is 0.410 e. The predicted octanol–water partition coefficient (Wildman–Crippen LogP) is 6.67. The third-order valence-corrected chi connectivity index (χ3v) is 5.61. The number of hydrogen-bond acceptors (Lipinski definition) is 4. The number of nitrogens with zero attached hydrogens (tertiary/aromatic N) is 1. The van der Waals surface area contributed by atoms with E-state index in [1.54, 1.807) is 54.6 Å². The van der Waals surface area contributed by atoms with E-state index >= 15 is 0 Å². The number of ether oxygens (including phenoxy) is 1. The minimum atomic E-state index is -1.16. The number of aromatic nitrogens is 1. The number of nitrogens with one attached hydrogen (secondary N) is 2. The van der Waals surface area contributed by atoms with Crippen molar-refractivity contribution < 1.29 is 19.4 Å². The van der Waals surface area contributed by atoms with Crippen molar-refractivity contribution in [1.82, 2.24) is 4.98 Å². The summed E-state index contributed by atoms with van der Waals surface area (Å²) in [6, 6.07) is 25.4. The molecule has 2 amide bonds. The van der Waals surface area contributed by atoms with Gasteiger partial charge in [-0.25, -0.2) is 9.78 Å². The molecule has 0 atom stereocenters. The first kappa shape index (κ1) is 24.8. The molecule has 4 aromatic rings. The van der Waals surface area contributed by atoms with Crippen molar-refractivity contribution >= 4 is 35.1 Å². The molecule has 3 N–H and O–H groups in total. The fourth-order valence-electron chi connectivity index (χ4n) is 3.63. The zero-order chi connectivity index (χ0) is 25.5. The van der Waals surface area contributed by atoms with E-state index < -0.39 is 6.09 Å². The van der Waals surface area contributed by atoms with Gasteiger partial charge in [-0.1, -0.05) is 47.5 Å². The Morgan fingerprint density at radius 1 is 0.944 bits per heavy atom. The van der Waals surface area contributed by atoms with Gasteiger partial charge in [0.15, 0.2) is 0 Å². The van der Waals surface area contributed by atoms with Gasteiger partial charge in [0, 0.05) is 28.4 Å². The summed E-state index contributed by atoms with van der Waals surface area (Å²) in [6.07, 6.45) is -0.652. The van der Waals surface area contributed by atoms with Crippen LogP contribution >= 0.6 is 11.6 Å². The molecule has 4 rings (SSSR count). The molecule has 0 fully saturated rings. The average molecular weight is 502 g/mol. The van der Waals surface area contributed by atoms with Crippen LogP contribution in [-0.4, -0.2) is 28.7 Å². The zero-order valence-corrected chi connectivity index (χ0v) is 20.3. The van der Waals surface area contributed by atoms with Crippen molar-refractivity contribution in [1.29, 1.82) is 0 Å². The molecule has 0 aliphatic heterocycles. The molecule has 182 valence electrons. The third kappa shape index (κ3) is 6.61. The van der Waals surface area contributed by atoms with Crippen LogP contribution < -0.4 is 15.4 Å². The Morgan fingerprint density at radius 2 is 1.69 bits per heavy atom. The molecule has 0 unspecified atom stereocenters.